The predicted molar refractivity (Wildman–Crippen MR) is 107 cm³/mol. The monoisotopic (exact) mass is 411 g/mol. The number of halogens is 2. The van der Waals surface area contributed by atoms with E-state index in [0.717, 1.165) is 16.5 Å². The Balaban J connectivity index is 2.19. The third kappa shape index (κ3) is 3.30. The molecule has 1 aromatic heterocycles. The number of methoxy groups -OCH3 is 1. The lowest BCUT2D eigenvalue weighted by Crippen LogP contribution is -2.39. The van der Waals surface area contributed by atoms with Crippen LogP contribution in [0.4, 0.5) is 4.79 Å². The average Bonchev–Trinajstić information content (AvgIpc) is 2.88. The fourth-order valence-corrected chi connectivity index (χ4v) is 4.03. The summed E-state index contributed by atoms with van der Waals surface area (Å²) in [5.74, 6) is 0.455. The summed E-state index contributed by atoms with van der Waals surface area (Å²) in [6.07, 6.45) is 1.30. The average molecular weight is 412 g/mol. The van der Waals surface area contributed by atoms with Crippen LogP contribution in [0.1, 0.15) is 50.9 Å². The molecule has 0 saturated heterocycles. The number of ether oxygens (including phenoxy) is 2. The maximum atomic E-state index is 12.8. The molecule has 2 atom stereocenters. The SMILES string of the molecule is COc1cc2c3c(cnc2c(Cl)c1Cl)C(CN)N(C(=O)OC(C)(C)C)[C@H]3C. The van der Waals surface area contributed by atoms with Crippen LogP contribution in [-0.4, -0.2) is 35.2 Å². The molecule has 1 unspecified atom stereocenters. The molecule has 2 aromatic rings. The fourth-order valence-electron chi connectivity index (χ4n) is 3.56. The molecule has 1 amide bonds. The van der Waals surface area contributed by atoms with Crippen molar-refractivity contribution in [2.24, 2.45) is 5.73 Å². The molecule has 1 aliphatic rings. The van der Waals surface area contributed by atoms with Crippen LogP contribution in [0.5, 0.6) is 5.75 Å². The largest absolute Gasteiger partial charge is 0.495 e. The highest BCUT2D eigenvalue weighted by Gasteiger charge is 2.42. The molecule has 8 heteroatoms. The second-order valence-electron chi connectivity index (χ2n) is 7.55. The Labute approximate surface area is 168 Å². The zero-order chi connectivity index (χ0) is 20.1. The summed E-state index contributed by atoms with van der Waals surface area (Å²) in [7, 11) is 1.53. The molecule has 0 fully saturated rings. The summed E-state index contributed by atoms with van der Waals surface area (Å²) in [6, 6.07) is 1.20. The summed E-state index contributed by atoms with van der Waals surface area (Å²) in [5, 5.41) is 1.42. The van der Waals surface area contributed by atoms with E-state index < -0.39 is 11.7 Å². The zero-order valence-electron chi connectivity index (χ0n) is 16.0. The van der Waals surface area contributed by atoms with Crippen LogP contribution < -0.4 is 10.5 Å². The van der Waals surface area contributed by atoms with Crippen molar-refractivity contribution in [2.75, 3.05) is 13.7 Å². The van der Waals surface area contributed by atoms with Gasteiger partial charge in [-0.2, -0.15) is 0 Å². The van der Waals surface area contributed by atoms with Crippen LogP contribution in [-0.2, 0) is 4.74 Å². The first-order chi connectivity index (χ1) is 12.6. The van der Waals surface area contributed by atoms with Crippen LogP contribution in [0, 0.1) is 0 Å². The molecular weight excluding hydrogens is 389 g/mol. The van der Waals surface area contributed by atoms with Gasteiger partial charge in [0, 0.05) is 23.7 Å². The lowest BCUT2D eigenvalue weighted by Gasteiger charge is -2.31. The van der Waals surface area contributed by atoms with Crippen molar-refractivity contribution >= 4 is 40.2 Å². The van der Waals surface area contributed by atoms with Crippen LogP contribution in [0.15, 0.2) is 12.3 Å². The molecule has 6 nitrogen and oxygen atoms in total. The Morgan fingerprint density at radius 1 is 1.33 bits per heavy atom. The van der Waals surface area contributed by atoms with Gasteiger partial charge in [0.2, 0.25) is 0 Å². The maximum absolute atomic E-state index is 12.8. The molecule has 0 spiro atoms. The normalized spacial score (nSPS) is 19.3. The Bertz CT molecular complexity index is 911. The molecule has 0 radical (unpaired) electrons. The van der Waals surface area contributed by atoms with Crippen LogP contribution in [0.2, 0.25) is 10.0 Å². The van der Waals surface area contributed by atoms with Crippen molar-refractivity contribution in [3.63, 3.8) is 0 Å². The molecule has 3 rings (SSSR count). The number of rotatable bonds is 2. The van der Waals surface area contributed by atoms with E-state index in [9.17, 15) is 4.79 Å². The van der Waals surface area contributed by atoms with Gasteiger partial charge in [-0.25, -0.2) is 4.79 Å². The first-order valence-corrected chi connectivity index (χ1v) is 9.42. The van der Waals surface area contributed by atoms with Crippen molar-refractivity contribution in [3.8, 4) is 5.75 Å². The van der Waals surface area contributed by atoms with Gasteiger partial charge in [0.05, 0.1) is 29.7 Å². The molecule has 1 aliphatic heterocycles. The molecule has 1 aromatic carbocycles. The highest BCUT2D eigenvalue weighted by molar-refractivity contribution is 6.46. The van der Waals surface area contributed by atoms with E-state index in [0.29, 0.717) is 21.3 Å². The van der Waals surface area contributed by atoms with Crippen molar-refractivity contribution in [3.05, 3.63) is 33.4 Å². The Kier molecular flexibility index (Phi) is 5.18. The van der Waals surface area contributed by atoms with Gasteiger partial charge in [-0.3, -0.25) is 9.88 Å². The molecular formula is C19H23Cl2N3O3. The second-order valence-corrected chi connectivity index (χ2v) is 8.30. The quantitative estimate of drug-likeness (QED) is 0.762. The maximum Gasteiger partial charge on any atom is 0.411 e. The van der Waals surface area contributed by atoms with Gasteiger partial charge in [-0.1, -0.05) is 23.2 Å². The van der Waals surface area contributed by atoms with E-state index in [1.807, 2.05) is 27.7 Å². The number of amides is 1. The number of nitrogens with two attached hydrogens (primary N) is 1. The molecule has 0 bridgehead atoms. The number of carbonyl (C=O) groups excluding carboxylic acids is 1. The van der Waals surface area contributed by atoms with Crippen molar-refractivity contribution in [1.29, 1.82) is 0 Å². The zero-order valence-corrected chi connectivity index (χ0v) is 17.5. The lowest BCUT2D eigenvalue weighted by atomic mass is 9.99. The second kappa shape index (κ2) is 7.00. The topological polar surface area (TPSA) is 77.7 Å². The first kappa shape index (κ1) is 20.0. The van der Waals surface area contributed by atoms with Crippen molar-refractivity contribution in [1.82, 2.24) is 9.88 Å². The number of nitrogens with zero attached hydrogens (tertiary/aromatic N) is 2. The van der Waals surface area contributed by atoms with E-state index >= 15 is 0 Å². The third-order valence-corrected chi connectivity index (χ3v) is 5.50. The molecule has 0 saturated carbocycles. The minimum atomic E-state index is -0.606. The van der Waals surface area contributed by atoms with Gasteiger partial charge in [0.25, 0.3) is 0 Å². The van der Waals surface area contributed by atoms with Gasteiger partial charge in [0.15, 0.2) is 0 Å². The van der Waals surface area contributed by atoms with Crippen LogP contribution in [0.25, 0.3) is 10.9 Å². The number of aromatic nitrogens is 1. The number of fused-ring (bicyclic) bond motifs is 3. The molecule has 27 heavy (non-hydrogen) atoms. The van der Waals surface area contributed by atoms with E-state index in [2.05, 4.69) is 4.98 Å². The summed E-state index contributed by atoms with van der Waals surface area (Å²) in [6.45, 7) is 7.69. The van der Waals surface area contributed by atoms with Crippen molar-refractivity contribution < 1.29 is 14.3 Å². The molecule has 2 heterocycles. The third-order valence-electron chi connectivity index (χ3n) is 4.66. The predicted octanol–water partition coefficient (Wildman–Crippen LogP) is 4.86. The Hall–Kier alpha value is -1.76. The van der Waals surface area contributed by atoms with E-state index in [-0.39, 0.29) is 18.6 Å². The summed E-state index contributed by atoms with van der Waals surface area (Å²) in [4.78, 5) is 19.0. The highest BCUT2D eigenvalue weighted by atomic mass is 35.5. The standard InChI is InChI=1S/C19H23Cl2N3O3/c1-9-14-10-6-13(26-5)15(20)16(21)17(10)23-8-11(14)12(7-22)24(9)18(25)27-19(2,3)4/h6,8-9,12H,7,22H2,1-5H3/t9-,12?/m0/s1. The number of pyridine rings is 1. The smallest absolute Gasteiger partial charge is 0.411 e. The summed E-state index contributed by atoms with van der Waals surface area (Å²) >= 11 is 12.7. The first-order valence-electron chi connectivity index (χ1n) is 8.66. The minimum absolute atomic E-state index is 0.252. The van der Waals surface area contributed by atoms with Crippen molar-refractivity contribution in [2.45, 2.75) is 45.4 Å². The summed E-state index contributed by atoms with van der Waals surface area (Å²) in [5.41, 5.74) is 7.77. The Morgan fingerprint density at radius 3 is 2.56 bits per heavy atom. The minimum Gasteiger partial charge on any atom is -0.495 e. The van der Waals surface area contributed by atoms with Gasteiger partial charge in [-0.15, -0.1) is 0 Å². The molecule has 0 aliphatic carbocycles. The molecule has 146 valence electrons. The van der Waals surface area contributed by atoms with E-state index in [1.165, 1.54) is 7.11 Å². The summed E-state index contributed by atoms with van der Waals surface area (Å²) < 4.78 is 10.9. The highest BCUT2D eigenvalue weighted by Crippen LogP contribution is 2.48. The molecule has 2 N–H and O–H groups in total. The number of hydrogen-bond acceptors (Lipinski definition) is 5. The van der Waals surface area contributed by atoms with Gasteiger partial charge in [0.1, 0.15) is 16.4 Å². The lowest BCUT2D eigenvalue weighted by molar-refractivity contribution is 0.0116. The van der Waals surface area contributed by atoms with Gasteiger partial charge >= 0.3 is 6.09 Å². The van der Waals surface area contributed by atoms with Gasteiger partial charge < -0.3 is 15.2 Å². The van der Waals surface area contributed by atoms with Crippen LogP contribution >= 0.6 is 23.2 Å². The van der Waals surface area contributed by atoms with E-state index in [4.69, 9.17) is 38.4 Å². The number of hydrogen-bond donors (Lipinski definition) is 1. The van der Waals surface area contributed by atoms with E-state index in [1.54, 1.807) is 17.2 Å². The fraction of sp³-hybridized carbons (Fsp3) is 0.474. The van der Waals surface area contributed by atoms with Gasteiger partial charge in [-0.05, 0) is 39.3 Å². The number of carbonyl (C=O) groups is 1. The Morgan fingerprint density at radius 2 is 2.00 bits per heavy atom. The van der Waals surface area contributed by atoms with Crippen LogP contribution in [0.3, 0.4) is 0 Å². The number of benzene rings is 1.